The van der Waals surface area contributed by atoms with Crippen molar-refractivity contribution >= 4 is 54.7 Å². The molecule has 0 amide bonds. The number of thiophene rings is 1. The highest BCUT2D eigenvalue weighted by atomic mass is 35.5. The van der Waals surface area contributed by atoms with Crippen molar-refractivity contribution in [2.75, 3.05) is 43.9 Å². The van der Waals surface area contributed by atoms with Gasteiger partial charge in [-0.25, -0.2) is 8.78 Å². The monoisotopic (exact) mass is 671 g/mol. The standard InChI is InChI=1S/C30H32ClF2N7OS.2C2H6/c1-16(5-3-4-10-36-2)41-29-38-25-18(28(39-29)40-12-9-30(15-40)8-11-37-30)13-20(31)23(24(25)33)17-6-7-21(32)26-22(17)19(14-34)27(35)42-26;2*1-2/h6-7,13,16,36-37H,3-5,8-12,15,35H2,1-2H3;2*1-2H3. The lowest BCUT2D eigenvalue weighted by molar-refractivity contribution is 0.190. The first-order chi connectivity index (χ1) is 22.2. The molecule has 2 aliphatic heterocycles. The molecule has 4 heterocycles. The van der Waals surface area contributed by atoms with Crippen LogP contribution in [0.3, 0.4) is 0 Å². The molecule has 2 atom stereocenters. The zero-order chi connectivity index (χ0) is 33.6. The van der Waals surface area contributed by atoms with Gasteiger partial charge in [0.15, 0.2) is 5.82 Å². The molecule has 12 heteroatoms. The largest absolute Gasteiger partial charge is 0.460 e. The predicted octanol–water partition coefficient (Wildman–Crippen LogP) is 8.05. The van der Waals surface area contributed by atoms with Crippen LogP contribution in [0.4, 0.5) is 19.6 Å². The number of hydrogen-bond donors (Lipinski definition) is 3. The minimum atomic E-state index is -0.690. The fourth-order valence-electron chi connectivity index (χ4n) is 6.06. The zero-order valence-electron chi connectivity index (χ0n) is 27.5. The molecule has 0 radical (unpaired) electrons. The van der Waals surface area contributed by atoms with Crippen LogP contribution < -0.4 is 26.0 Å². The molecule has 0 aliphatic carbocycles. The molecule has 0 saturated carbocycles. The molecule has 2 aromatic carbocycles. The lowest BCUT2D eigenvalue weighted by atomic mass is 9.87. The number of ether oxygens (including phenoxy) is 1. The lowest BCUT2D eigenvalue weighted by Gasteiger charge is -2.39. The number of anilines is 2. The molecule has 8 nitrogen and oxygen atoms in total. The molecule has 2 aromatic heterocycles. The van der Waals surface area contributed by atoms with Crippen molar-refractivity contribution in [3.05, 3.63) is 40.4 Å². The number of fused-ring (bicyclic) bond motifs is 2. The molecule has 6 rings (SSSR count). The topological polar surface area (TPSA) is 112 Å². The minimum Gasteiger partial charge on any atom is -0.460 e. The smallest absolute Gasteiger partial charge is 0.319 e. The Morgan fingerprint density at radius 1 is 1.22 bits per heavy atom. The Morgan fingerprint density at radius 2 is 1.96 bits per heavy atom. The number of benzene rings is 2. The van der Waals surface area contributed by atoms with Crippen LogP contribution in [0.15, 0.2) is 18.2 Å². The van der Waals surface area contributed by atoms with Crippen molar-refractivity contribution in [3.8, 4) is 23.2 Å². The molecule has 2 aliphatic rings. The Labute approximate surface area is 279 Å². The van der Waals surface area contributed by atoms with Gasteiger partial charge in [0, 0.05) is 35.0 Å². The molecule has 1 spiro atoms. The van der Waals surface area contributed by atoms with Gasteiger partial charge >= 0.3 is 6.01 Å². The first kappa shape index (κ1) is 35.6. The van der Waals surface area contributed by atoms with Gasteiger partial charge in [0.25, 0.3) is 0 Å². The second kappa shape index (κ2) is 15.5. The van der Waals surface area contributed by atoms with E-state index < -0.39 is 11.6 Å². The molecule has 46 heavy (non-hydrogen) atoms. The summed E-state index contributed by atoms with van der Waals surface area (Å²) in [5, 5.41) is 17.5. The molecule has 0 bridgehead atoms. The zero-order valence-corrected chi connectivity index (χ0v) is 29.1. The van der Waals surface area contributed by atoms with E-state index in [4.69, 9.17) is 27.1 Å². The predicted molar refractivity (Wildman–Crippen MR) is 187 cm³/mol. The number of hydrogen-bond acceptors (Lipinski definition) is 9. The Morgan fingerprint density at radius 3 is 2.59 bits per heavy atom. The number of aromatic nitrogens is 2. The molecule has 4 aromatic rings. The summed E-state index contributed by atoms with van der Waals surface area (Å²) >= 11 is 7.75. The molecular formula is C34H44ClF2N7OS. The van der Waals surface area contributed by atoms with Crippen LogP contribution in [0, 0.1) is 23.0 Å². The minimum absolute atomic E-state index is 0.0257. The highest BCUT2D eigenvalue weighted by molar-refractivity contribution is 7.23. The van der Waals surface area contributed by atoms with Gasteiger partial charge in [0.05, 0.1) is 21.4 Å². The highest BCUT2D eigenvalue weighted by Crippen LogP contribution is 2.46. The first-order valence-corrected chi connectivity index (χ1v) is 17.4. The Hall–Kier alpha value is -3.30. The van der Waals surface area contributed by atoms with Gasteiger partial charge in [-0.3, -0.25) is 0 Å². The second-order valence-electron chi connectivity index (χ2n) is 11.2. The third-order valence-electron chi connectivity index (χ3n) is 8.39. The van der Waals surface area contributed by atoms with Gasteiger partial charge < -0.3 is 26.0 Å². The number of nitrogens with zero attached hydrogens (tertiary/aromatic N) is 4. The third kappa shape index (κ3) is 6.86. The van der Waals surface area contributed by atoms with E-state index in [1.807, 2.05) is 47.7 Å². The summed E-state index contributed by atoms with van der Waals surface area (Å²) < 4.78 is 37.8. The van der Waals surface area contributed by atoms with Crippen molar-refractivity contribution in [2.24, 2.45) is 0 Å². The summed E-state index contributed by atoms with van der Waals surface area (Å²) in [4.78, 5) is 11.5. The molecule has 2 saturated heterocycles. The normalized spacial score (nSPS) is 17.6. The summed E-state index contributed by atoms with van der Waals surface area (Å²) in [5.74, 6) is -0.664. The number of nitrogens with one attached hydrogen (secondary N) is 2. The van der Waals surface area contributed by atoms with Crippen molar-refractivity contribution in [1.82, 2.24) is 20.6 Å². The number of nitrogen functional groups attached to an aromatic ring is 1. The number of nitrogens with two attached hydrogens (primary N) is 1. The SMILES string of the molecule is CC.CC.CNCCCCC(C)Oc1nc(N2CCC3(CCN3)C2)c2cc(Cl)c(-c3ccc(F)c4sc(N)c(C#N)c34)c(F)c2n1. The van der Waals surface area contributed by atoms with Crippen molar-refractivity contribution in [2.45, 2.75) is 78.4 Å². The number of unbranched alkanes of at least 4 members (excludes halogenated alkanes) is 1. The first-order valence-electron chi connectivity index (χ1n) is 16.2. The van der Waals surface area contributed by atoms with E-state index in [9.17, 15) is 9.65 Å². The lowest BCUT2D eigenvalue weighted by Crippen LogP contribution is -2.58. The van der Waals surface area contributed by atoms with E-state index in [-0.39, 0.29) is 60.0 Å². The van der Waals surface area contributed by atoms with Crippen LogP contribution in [0.25, 0.3) is 32.1 Å². The summed E-state index contributed by atoms with van der Waals surface area (Å²) in [5.41, 5.74) is 6.53. The maximum Gasteiger partial charge on any atom is 0.319 e. The van der Waals surface area contributed by atoms with E-state index in [0.717, 1.165) is 69.6 Å². The molecule has 4 N–H and O–H groups in total. The van der Waals surface area contributed by atoms with Crippen molar-refractivity contribution in [3.63, 3.8) is 0 Å². The van der Waals surface area contributed by atoms with Gasteiger partial charge in [0.2, 0.25) is 0 Å². The number of nitriles is 1. The van der Waals surface area contributed by atoms with Crippen LogP contribution in [0.2, 0.25) is 5.02 Å². The fourth-order valence-corrected chi connectivity index (χ4v) is 7.31. The summed E-state index contributed by atoms with van der Waals surface area (Å²) in [6, 6.07) is 6.46. The Bertz CT molecular complexity index is 1720. The summed E-state index contributed by atoms with van der Waals surface area (Å²) in [7, 11) is 1.92. The summed E-state index contributed by atoms with van der Waals surface area (Å²) in [6.45, 7) is 13.3. The third-order valence-corrected chi connectivity index (χ3v) is 9.72. The highest BCUT2D eigenvalue weighted by Gasteiger charge is 2.43. The van der Waals surface area contributed by atoms with E-state index in [1.165, 1.54) is 12.1 Å². The maximum atomic E-state index is 16.7. The van der Waals surface area contributed by atoms with Crippen molar-refractivity contribution < 1.29 is 13.5 Å². The van der Waals surface area contributed by atoms with E-state index in [0.29, 0.717) is 11.2 Å². The quantitative estimate of drug-likeness (QED) is 0.153. The van der Waals surface area contributed by atoms with Crippen LogP contribution >= 0.6 is 22.9 Å². The van der Waals surface area contributed by atoms with Gasteiger partial charge in [-0.15, -0.1) is 11.3 Å². The number of rotatable bonds is 9. The van der Waals surface area contributed by atoms with E-state index in [2.05, 4.69) is 20.5 Å². The van der Waals surface area contributed by atoms with Crippen LogP contribution in [0.1, 0.15) is 72.3 Å². The van der Waals surface area contributed by atoms with Gasteiger partial charge in [-0.05, 0) is 76.9 Å². The Balaban J connectivity index is 0.00000116. The molecular weight excluding hydrogens is 628 g/mol. The van der Waals surface area contributed by atoms with Crippen LogP contribution in [0.5, 0.6) is 6.01 Å². The second-order valence-corrected chi connectivity index (χ2v) is 12.6. The van der Waals surface area contributed by atoms with Crippen molar-refractivity contribution in [1.29, 1.82) is 5.26 Å². The molecule has 2 fully saturated rings. The van der Waals surface area contributed by atoms with Crippen LogP contribution in [-0.2, 0) is 0 Å². The fraction of sp³-hybridized carbons (Fsp3) is 0.500. The molecule has 248 valence electrons. The van der Waals surface area contributed by atoms with Gasteiger partial charge in [0.1, 0.15) is 28.2 Å². The van der Waals surface area contributed by atoms with Gasteiger partial charge in [-0.2, -0.15) is 15.2 Å². The average molecular weight is 672 g/mol. The van der Waals surface area contributed by atoms with Gasteiger partial charge in [-0.1, -0.05) is 45.4 Å². The van der Waals surface area contributed by atoms with E-state index in [1.54, 1.807) is 6.07 Å². The Kier molecular flexibility index (Phi) is 12.0. The molecule has 2 unspecified atom stereocenters. The maximum absolute atomic E-state index is 16.7. The average Bonchev–Trinajstić information content (AvgIpc) is 3.65. The van der Waals surface area contributed by atoms with Crippen LogP contribution in [-0.4, -0.2) is 54.8 Å². The number of halogens is 3. The summed E-state index contributed by atoms with van der Waals surface area (Å²) in [6.07, 6.45) is 4.62. The van der Waals surface area contributed by atoms with E-state index >= 15 is 4.39 Å².